The number of nitrogens with one attached hydrogen (secondary N) is 2. The Kier molecular flexibility index (Phi) is 5.51. The van der Waals surface area contributed by atoms with Crippen molar-refractivity contribution >= 4 is 28.3 Å². The summed E-state index contributed by atoms with van der Waals surface area (Å²) in [6.07, 6.45) is 1.09. The van der Waals surface area contributed by atoms with Gasteiger partial charge in [0.15, 0.2) is 5.13 Å². The van der Waals surface area contributed by atoms with E-state index in [1.54, 1.807) is 5.38 Å². The van der Waals surface area contributed by atoms with E-state index in [1.807, 2.05) is 6.92 Å². The Labute approximate surface area is 154 Å². The Hall–Kier alpha value is -2.48. The van der Waals surface area contributed by atoms with Crippen LogP contribution in [0.25, 0.3) is 11.3 Å². The lowest BCUT2D eigenvalue weighted by atomic mass is 10.1. The fraction of sp³-hybridized carbons (Fsp3) is 0.389. The van der Waals surface area contributed by atoms with Crippen molar-refractivity contribution in [2.24, 2.45) is 11.8 Å². The number of ether oxygens (including phenoxy) is 1. The van der Waals surface area contributed by atoms with Crippen LogP contribution < -0.4 is 15.4 Å². The van der Waals surface area contributed by atoms with Crippen LogP contribution in [0.15, 0.2) is 23.6 Å². The zero-order chi connectivity index (χ0) is 18.7. The second-order valence-corrected chi connectivity index (χ2v) is 7.15. The van der Waals surface area contributed by atoms with Crippen LogP contribution in [0.4, 0.5) is 9.52 Å². The van der Waals surface area contributed by atoms with Crippen LogP contribution in [0, 0.1) is 17.7 Å². The molecule has 3 rings (SSSR count). The first kappa shape index (κ1) is 18.3. The number of carbonyl (C=O) groups is 2. The summed E-state index contributed by atoms with van der Waals surface area (Å²) in [6, 6.07) is 4.19. The number of carbonyl (C=O) groups excluding carboxylic acids is 2. The molecule has 0 aliphatic heterocycles. The molecule has 0 spiro atoms. The van der Waals surface area contributed by atoms with E-state index in [1.165, 1.54) is 36.6 Å². The van der Waals surface area contributed by atoms with Crippen molar-refractivity contribution in [2.45, 2.75) is 19.8 Å². The summed E-state index contributed by atoms with van der Waals surface area (Å²) in [7, 11) is 1.50. The van der Waals surface area contributed by atoms with Gasteiger partial charge in [-0.3, -0.25) is 9.59 Å². The van der Waals surface area contributed by atoms with Gasteiger partial charge >= 0.3 is 0 Å². The second-order valence-electron chi connectivity index (χ2n) is 6.29. The van der Waals surface area contributed by atoms with Crippen LogP contribution in [0.2, 0.25) is 0 Å². The average molecular weight is 377 g/mol. The van der Waals surface area contributed by atoms with Crippen LogP contribution in [-0.4, -0.2) is 30.5 Å². The Morgan fingerprint density at radius 2 is 2.19 bits per heavy atom. The summed E-state index contributed by atoms with van der Waals surface area (Å²) in [4.78, 5) is 28.0. The SMILES string of the molecule is COc1ccc(F)cc1-c1csc(NC(=O)CCNC(=O)[C@@H]2C[C@H]2C)n1. The fourth-order valence-corrected chi connectivity index (χ4v) is 3.36. The van der Waals surface area contributed by atoms with Crippen LogP contribution in [0.1, 0.15) is 19.8 Å². The summed E-state index contributed by atoms with van der Waals surface area (Å²) in [5, 5.41) is 7.60. The molecule has 8 heteroatoms. The Morgan fingerprint density at radius 3 is 2.88 bits per heavy atom. The molecule has 1 heterocycles. The number of hydrogen-bond donors (Lipinski definition) is 2. The molecule has 0 saturated heterocycles. The minimum atomic E-state index is -0.389. The Morgan fingerprint density at radius 1 is 1.42 bits per heavy atom. The molecule has 1 aromatic carbocycles. The summed E-state index contributed by atoms with van der Waals surface area (Å²) >= 11 is 1.24. The van der Waals surface area contributed by atoms with Crippen molar-refractivity contribution in [1.29, 1.82) is 0 Å². The van der Waals surface area contributed by atoms with Crippen molar-refractivity contribution in [3.05, 3.63) is 29.4 Å². The van der Waals surface area contributed by atoms with E-state index in [-0.39, 0.29) is 30.0 Å². The van der Waals surface area contributed by atoms with Gasteiger partial charge in [-0.05, 0) is 30.5 Å². The van der Waals surface area contributed by atoms with Crippen molar-refractivity contribution < 1.29 is 18.7 Å². The van der Waals surface area contributed by atoms with Gasteiger partial charge in [0.25, 0.3) is 0 Å². The summed E-state index contributed by atoms with van der Waals surface area (Å²) in [5.41, 5.74) is 1.05. The van der Waals surface area contributed by atoms with E-state index in [0.29, 0.717) is 34.6 Å². The molecule has 1 fully saturated rings. The van der Waals surface area contributed by atoms with Crippen LogP contribution in [-0.2, 0) is 9.59 Å². The zero-order valence-electron chi connectivity index (χ0n) is 14.5. The average Bonchev–Trinajstić information content (AvgIpc) is 3.17. The van der Waals surface area contributed by atoms with Gasteiger partial charge in [0.05, 0.1) is 12.8 Å². The molecule has 1 saturated carbocycles. The predicted molar refractivity (Wildman–Crippen MR) is 97.6 cm³/mol. The number of benzene rings is 1. The molecule has 2 atom stereocenters. The van der Waals surface area contributed by atoms with Crippen LogP contribution in [0.3, 0.4) is 0 Å². The third kappa shape index (κ3) is 4.37. The summed E-state index contributed by atoms with van der Waals surface area (Å²) in [6.45, 7) is 2.33. The molecule has 2 N–H and O–H groups in total. The van der Waals surface area contributed by atoms with Gasteiger partial charge in [-0.1, -0.05) is 6.92 Å². The number of nitrogens with zero attached hydrogens (tertiary/aromatic N) is 1. The molecular weight excluding hydrogens is 357 g/mol. The number of aromatic nitrogens is 1. The molecule has 2 amide bonds. The van der Waals surface area contributed by atoms with Crippen molar-refractivity contribution in [2.75, 3.05) is 19.0 Å². The largest absolute Gasteiger partial charge is 0.496 e. The molecule has 6 nitrogen and oxygen atoms in total. The standard InChI is InChI=1S/C18H20FN3O3S/c1-10-7-12(10)17(24)20-6-5-16(23)22-18-21-14(9-26-18)13-8-11(19)3-4-15(13)25-2/h3-4,8-10,12H,5-7H2,1-2H3,(H,20,24)(H,21,22,23)/t10-,12-/m1/s1. The van der Waals surface area contributed by atoms with E-state index in [4.69, 9.17) is 4.74 Å². The van der Waals surface area contributed by atoms with E-state index in [2.05, 4.69) is 15.6 Å². The Bertz CT molecular complexity index is 824. The number of halogens is 1. The quantitative estimate of drug-likeness (QED) is 0.777. The minimum absolute atomic E-state index is 0.0139. The van der Waals surface area contributed by atoms with Gasteiger partial charge in [-0.25, -0.2) is 9.37 Å². The van der Waals surface area contributed by atoms with Gasteiger partial charge in [0.1, 0.15) is 11.6 Å². The molecule has 0 unspecified atom stereocenters. The fourth-order valence-electron chi connectivity index (χ4n) is 2.63. The monoisotopic (exact) mass is 377 g/mol. The van der Waals surface area contributed by atoms with Gasteiger partial charge in [-0.15, -0.1) is 11.3 Å². The highest BCUT2D eigenvalue weighted by Gasteiger charge is 2.38. The maximum atomic E-state index is 13.5. The first-order chi connectivity index (χ1) is 12.5. The number of hydrogen-bond acceptors (Lipinski definition) is 5. The third-order valence-corrected chi connectivity index (χ3v) is 5.04. The van der Waals surface area contributed by atoms with Crippen molar-refractivity contribution in [3.8, 4) is 17.0 Å². The predicted octanol–water partition coefficient (Wildman–Crippen LogP) is 3.06. The maximum Gasteiger partial charge on any atom is 0.227 e. The molecule has 2 aromatic rings. The lowest BCUT2D eigenvalue weighted by Gasteiger charge is -2.06. The van der Waals surface area contributed by atoms with Crippen molar-refractivity contribution in [3.63, 3.8) is 0 Å². The molecule has 138 valence electrons. The summed E-state index contributed by atoms with van der Waals surface area (Å²) in [5.74, 6) is 0.436. The highest BCUT2D eigenvalue weighted by atomic mass is 32.1. The molecule has 0 radical (unpaired) electrons. The molecule has 1 aromatic heterocycles. The van der Waals surface area contributed by atoms with E-state index >= 15 is 0 Å². The van der Waals surface area contributed by atoms with E-state index in [9.17, 15) is 14.0 Å². The van der Waals surface area contributed by atoms with Gasteiger partial charge in [0, 0.05) is 29.8 Å². The highest BCUT2D eigenvalue weighted by Crippen LogP contribution is 2.37. The van der Waals surface area contributed by atoms with Crippen LogP contribution in [0.5, 0.6) is 5.75 Å². The highest BCUT2D eigenvalue weighted by molar-refractivity contribution is 7.14. The zero-order valence-corrected chi connectivity index (χ0v) is 15.4. The number of amides is 2. The van der Waals surface area contributed by atoms with Crippen LogP contribution >= 0.6 is 11.3 Å². The first-order valence-corrected chi connectivity index (χ1v) is 9.23. The number of thiazole rings is 1. The molecule has 0 bridgehead atoms. The van der Waals surface area contributed by atoms with E-state index in [0.717, 1.165) is 6.42 Å². The summed E-state index contributed by atoms with van der Waals surface area (Å²) < 4.78 is 18.7. The maximum absolute atomic E-state index is 13.5. The second kappa shape index (κ2) is 7.82. The van der Waals surface area contributed by atoms with Gasteiger partial charge in [-0.2, -0.15) is 0 Å². The number of anilines is 1. The van der Waals surface area contributed by atoms with Crippen molar-refractivity contribution in [1.82, 2.24) is 10.3 Å². The van der Waals surface area contributed by atoms with E-state index < -0.39 is 0 Å². The number of methoxy groups -OCH3 is 1. The normalized spacial score (nSPS) is 18.3. The topological polar surface area (TPSA) is 80.3 Å². The van der Waals surface area contributed by atoms with Gasteiger partial charge < -0.3 is 15.4 Å². The molecule has 1 aliphatic rings. The Balaban J connectivity index is 1.54. The lowest BCUT2D eigenvalue weighted by Crippen LogP contribution is -2.29. The number of rotatable bonds is 7. The minimum Gasteiger partial charge on any atom is -0.496 e. The molecule has 1 aliphatic carbocycles. The lowest BCUT2D eigenvalue weighted by molar-refractivity contribution is -0.122. The third-order valence-electron chi connectivity index (χ3n) is 4.29. The molecular formula is C18H20FN3O3S. The molecule has 26 heavy (non-hydrogen) atoms. The van der Waals surface area contributed by atoms with Gasteiger partial charge in [0.2, 0.25) is 11.8 Å². The smallest absolute Gasteiger partial charge is 0.227 e. The first-order valence-electron chi connectivity index (χ1n) is 8.35.